The van der Waals surface area contributed by atoms with Gasteiger partial charge in [0.25, 0.3) is 0 Å². The summed E-state index contributed by atoms with van der Waals surface area (Å²) < 4.78 is 0. The predicted octanol–water partition coefficient (Wildman–Crippen LogP) is 6.28. The summed E-state index contributed by atoms with van der Waals surface area (Å²) in [6, 6.07) is 44.7. The van der Waals surface area contributed by atoms with Crippen molar-refractivity contribution in [2.45, 2.75) is 19.5 Å². The summed E-state index contributed by atoms with van der Waals surface area (Å²) in [6.45, 7) is 4.82. The van der Waals surface area contributed by atoms with E-state index in [4.69, 9.17) is 0 Å². The van der Waals surface area contributed by atoms with E-state index < -0.39 is 15.8 Å². The third-order valence-electron chi connectivity index (χ3n) is 5.68. The highest BCUT2D eigenvalue weighted by molar-refractivity contribution is 7.77. The van der Waals surface area contributed by atoms with Gasteiger partial charge in [0.15, 0.2) is 0 Å². The van der Waals surface area contributed by atoms with Crippen molar-refractivity contribution in [2.24, 2.45) is 5.92 Å². The fraction of sp³-hybridized carbons (Fsp3) is 0.172. The Morgan fingerprint density at radius 3 is 1.13 bits per heavy atom. The lowest BCUT2D eigenvalue weighted by Crippen LogP contribution is -2.31. The number of hydrogen-bond acceptors (Lipinski definition) is 0. The van der Waals surface area contributed by atoms with Crippen LogP contribution in [-0.4, -0.2) is 11.8 Å². The van der Waals surface area contributed by atoms with Crippen molar-refractivity contribution < 1.29 is 0 Å². The zero-order chi connectivity index (χ0) is 21.5. The van der Waals surface area contributed by atoms with Crippen LogP contribution in [0.15, 0.2) is 121 Å². The first kappa shape index (κ1) is 22.0. The maximum absolute atomic E-state index is 2.41. The van der Waals surface area contributed by atoms with E-state index in [0.29, 0.717) is 11.6 Å². The lowest BCUT2D eigenvalue weighted by Gasteiger charge is -2.35. The Hall–Kier alpha value is -2.26. The average molecular weight is 441 g/mol. The maximum Gasteiger partial charge on any atom is -0.00604 e. The molecule has 31 heavy (non-hydrogen) atoms. The van der Waals surface area contributed by atoms with Crippen molar-refractivity contribution in [3.05, 3.63) is 121 Å². The van der Waals surface area contributed by atoms with Gasteiger partial charge in [-0.3, -0.25) is 0 Å². The monoisotopic (exact) mass is 440 g/mol. The van der Waals surface area contributed by atoms with Crippen LogP contribution in [0.1, 0.15) is 13.8 Å². The van der Waals surface area contributed by atoms with Crippen LogP contribution in [0.3, 0.4) is 0 Å². The SMILES string of the molecule is CC(C)[C@@H](CP(c1ccccc1)c1ccccc1)P(c1ccccc1)c1ccccc1. The van der Waals surface area contributed by atoms with E-state index in [0.717, 1.165) is 0 Å². The Labute approximate surface area is 189 Å². The summed E-state index contributed by atoms with van der Waals surface area (Å²) in [5, 5.41) is 5.92. The highest BCUT2D eigenvalue weighted by atomic mass is 31.1. The molecular weight excluding hydrogens is 410 g/mol. The van der Waals surface area contributed by atoms with Crippen molar-refractivity contribution in [1.82, 2.24) is 0 Å². The first-order chi connectivity index (χ1) is 15.2. The summed E-state index contributed by atoms with van der Waals surface area (Å²) in [5.74, 6) is 0.601. The molecule has 0 radical (unpaired) electrons. The molecule has 0 aliphatic carbocycles. The molecule has 0 unspecified atom stereocenters. The average Bonchev–Trinajstić information content (AvgIpc) is 2.84. The second-order valence-electron chi connectivity index (χ2n) is 8.13. The highest BCUT2D eigenvalue weighted by Crippen LogP contribution is 2.49. The van der Waals surface area contributed by atoms with Crippen LogP contribution in [0.4, 0.5) is 0 Å². The third kappa shape index (κ3) is 5.51. The molecule has 0 spiro atoms. The zero-order valence-corrected chi connectivity index (χ0v) is 20.1. The second kappa shape index (κ2) is 10.9. The Bertz CT molecular complexity index is 952. The molecule has 0 N–H and O–H groups in total. The van der Waals surface area contributed by atoms with Crippen LogP contribution in [-0.2, 0) is 0 Å². The minimum atomic E-state index is -0.451. The second-order valence-corrected chi connectivity index (χ2v) is 12.8. The van der Waals surface area contributed by atoms with Crippen molar-refractivity contribution in [1.29, 1.82) is 0 Å². The third-order valence-corrected chi connectivity index (χ3v) is 11.7. The van der Waals surface area contributed by atoms with Gasteiger partial charge >= 0.3 is 0 Å². The van der Waals surface area contributed by atoms with Crippen molar-refractivity contribution in [2.75, 3.05) is 6.16 Å². The molecule has 156 valence electrons. The summed E-state index contributed by atoms with van der Waals surface area (Å²) in [6.07, 6.45) is 1.20. The minimum Gasteiger partial charge on any atom is -0.0622 e. The summed E-state index contributed by atoms with van der Waals surface area (Å²) in [4.78, 5) is 0. The van der Waals surface area contributed by atoms with Crippen LogP contribution in [0.25, 0.3) is 0 Å². The van der Waals surface area contributed by atoms with Gasteiger partial charge in [0.1, 0.15) is 0 Å². The molecule has 0 bridgehead atoms. The van der Waals surface area contributed by atoms with E-state index in [-0.39, 0.29) is 0 Å². The molecule has 0 saturated carbocycles. The lowest BCUT2D eigenvalue weighted by atomic mass is 10.1. The largest absolute Gasteiger partial charge is 0.0622 e. The van der Waals surface area contributed by atoms with E-state index in [1.807, 2.05) is 0 Å². The van der Waals surface area contributed by atoms with Crippen LogP contribution in [0, 0.1) is 5.92 Å². The van der Waals surface area contributed by atoms with E-state index in [2.05, 4.69) is 135 Å². The van der Waals surface area contributed by atoms with Gasteiger partial charge in [0.2, 0.25) is 0 Å². The molecule has 0 fully saturated rings. The molecule has 4 rings (SSSR count). The van der Waals surface area contributed by atoms with Gasteiger partial charge in [-0.2, -0.15) is 0 Å². The number of rotatable bonds is 8. The van der Waals surface area contributed by atoms with E-state index in [9.17, 15) is 0 Å². The minimum absolute atomic E-state index is 0.420. The molecule has 0 nitrogen and oxygen atoms in total. The molecule has 0 heterocycles. The Balaban J connectivity index is 1.78. The van der Waals surface area contributed by atoms with Crippen molar-refractivity contribution in [3.8, 4) is 0 Å². The summed E-state index contributed by atoms with van der Waals surface area (Å²) >= 11 is 0. The normalized spacial score (nSPS) is 12.4. The molecule has 4 aromatic carbocycles. The molecule has 0 amide bonds. The molecule has 1 atom stereocenters. The first-order valence-electron chi connectivity index (χ1n) is 11.0. The molecule has 4 aromatic rings. The smallest absolute Gasteiger partial charge is 0.00604 e. The molecule has 0 aliphatic rings. The van der Waals surface area contributed by atoms with Gasteiger partial charge in [-0.05, 0) is 54.8 Å². The standard InChI is InChI=1S/C29H30P2/c1-24(2)29(31(27-19-11-5-12-20-27)28-21-13-6-14-22-28)23-30(25-15-7-3-8-16-25)26-17-9-4-10-18-26/h3-22,24,29H,23H2,1-2H3/t29-/m1/s1. The lowest BCUT2D eigenvalue weighted by molar-refractivity contribution is 0.642. The first-order valence-corrected chi connectivity index (χ1v) is 13.9. The molecule has 0 aromatic heterocycles. The van der Waals surface area contributed by atoms with E-state index in [1.165, 1.54) is 27.4 Å². The number of hydrogen-bond donors (Lipinski definition) is 0. The molecule has 2 heteroatoms. The maximum atomic E-state index is 2.41. The van der Waals surface area contributed by atoms with Crippen LogP contribution in [0.5, 0.6) is 0 Å². The van der Waals surface area contributed by atoms with Gasteiger partial charge in [0, 0.05) is 0 Å². The van der Waals surface area contributed by atoms with E-state index >= 15 is 0 Å². The van der Waals surface area contributed by atoms with Crippen LogP contribution in [0.2, 0.25) is 0 Å². The van der Waals surface area contributed by atoms with Gasteiger partial charge < -0.3 is 0 Å². The predicted molar refractivity (Wildman–Crippen MR) is 142 cm³/mol. The summed E-state index contributed by atoms with van der Waals surface area (Å²) in [5.41, 5.74) is 0.603. The van der Waals surface area contributed by atoms with E-state index in [1.54, 1.807) is 0 Å². The Morgan fingerprint density at radius 2 is 0.806 bits per heavy atom. The fourth-order valence-corrected chi connectivity index (χ4v) is 10.4. The van der Waals surface area contributed by atoms with Gasteiger partial charge in [-0.25, -0.2) is 0 Å². The molecule has 0 aliphatic heterocycles. The van der Waals surface area contributed by atoms with Gasteiger partial charge in [0.05, 0.1) is 0 Å². The number of benzene rings is 4. The van der Waals surface area contributed by atoms with Crippen molar-refractivity contribution in [3.63, 3.8) is 0 Å². The quantitative estimate of drug-likeness (QED) is 0.283. The van der Waals surface area contributed by atoms with Gasteiger partial charge in [-0.15, -0.1) is 0 Å². The van der Waals surface area contributed by atoms with Crippen molar-refractivity contribution >= 4 is 37.1 Å². The topological polar surface area (TPSA) is 0 Å². The Kier molecular flexibility index (Phi) is 7.69. The Morgan fingerprint density at radius 1 is 0.484 bits per heavy atom. The van der Waals surface area contributed by atoms with Crippen LogP contribution >= 0.6 is 15.8 Å². The zero-order valence-electron chi connectivity index (χ0n) is 18.3. The van der Waals surface area contributed by atoms with Crippen LogP contribution < -0.4 is 21.2 Å². The molecular formula is C29H30P2. The molecule has 0 saturated heterocycles. The highest BCUT2D eigenvalue weighted by Gasteiger charge is 2.30. The van der Waals surface area contributed by atoms with Gasteiger partial charge in [-0.1, -0.05) is 135 Å². The summed E-state index contributed by atoms with van der Waals surface area (Å²) in [7, 11) is -0.870. The fourth-order valence-electron chi connectivity index (χ4n) is 4.06.